The molecule has 138 valence electrons. The van der Waals surface area contributed by atoms with E-state index in [-0.39, 0.29) is 0 Å². The van der Waals surface area contributed by atoms with Crippen molar-refractivity contribution in [1.82, 2.24) is 9.97 Å². The standard InChI is InChI=1S/C20H22Cl3N3/c1-2-9-26(19(12-3-4-12)13-5-6-13)17-7-8-24-20(25-17)18-15(22)10-14(21)11-16(18)23/h7-8,10-13,19H,2-6,9H2,1H3. The van der Waals surface area contributed by atoms with Crippen LogP contribution in [0.15, 0.2) is 24.4 Å². The van der Waals surface area contributed by atoms with Crippen molar-refractivity contribution in [3.05, 3.63) is 39.5 Å². The lowest BCUT2D eigenvalue weighted by Gasteiger charge is -2.33. The molecule has 0 spiro atoms. The van der Waals surface area contributed by atoms with Crippen LogP contribution in [-0.4, -0.2) is 22.6 Å². The van der Waals surface area contributed by atoms with Gasteiger partial charge in [-0.05, 0) is 62.1 Å². The van der Waals surface area contributed by atoms with Gasteiger partial charge in [-0.1, -0.05) is 41.7 Å². The Morgan fingerprint density at radius 1 is 1.08 bits per heavy atom. The molecule has 2 saturated carbocycles. The van der Waals surface area contributed by atoms with E-state index in [1.165, 1.54) is 25.7 Å². The van der Waals surface area contributed by atoms with E-state index in [9.17, 15) is 0 Å². The van der Waals surface area contributed by atoms with E-state index in [1.54, 1.807) is 18.3 Å². The van der Waals surface area contributed by atoms with E-state index in [0.717, 1.165) is 30.6 Å². The molecular formula is C20H22Cl3N3. The Bertz CT molecular complexity index is 768. The van der Waals surface area contributed by atoms with E-state index in [1.807, 2.05) is 6.07 Å². The van der Waals surface area contributed by atoms with E-state index >= 15 is 0 Å². The van der Waals surface area contributed by atoms with Crippen LogP contribution in [0.4, 0.5) is 5.82 Å². The quantitative estimate of drug-likeness (QED) is 0.521. The van der Waals surface area contributed by atoms with Crippen molar-refractivity contribution in [2.75, 3.05) is 11.4 Å². The molecule has 2 aliphatic carbocycles. The van der Waals surface area contributed by atoms with E-state index in [0.29, 0.717) is 32.5 Å². The molecule has 0 saturated heterocycles. The van der Waals surface area contributed by atoms with Crippen LogP contribution >= 0.6 is 34.8 Å². The maximum Gasteiger partial charge on any atom is 0.164 e. The van der Waals surface area contributed by atoms with Gasteiger partial charge in [-0.25, -0.2) is 9.97 Å². The van der Waals surface area contributed by atoms with Gasteiger partial charge in [-0.15, -0.1) is 0 Å². The van der Waals surface area contributed by atoms with Crippen molar-refractivity contribution < 1.29 is 0 Å². The van der Waals surface area contributed by atoms with Crippen molar-refractivity contribution in [2.45, 2.75) is 45.1 Å². The van der Waals surface area contributed by atoms with Gasteiger partial charge in [0.05, 0.1) is 15.6 Å². The van der Waals surface area contributed by atoms with Gasteiger partial charge >= 0.3 is 0 Å². The van der Waals surface area contributed by atoms with E-state index in [2.05, 4.69) is 16.8 Å². The summed E-state index contributed by atoms with van der Waals surface area (Å²) >= 11 is 18.8. The third kappa shape index (κ3) is 3.81. The average Bonchev–Trinajstić information content (AvgIpc) is 3.48. The van der Waals surface area contributed by atoms with Crippen molar-refractivity contribution in [3.63, 3.8) is 0 Å². The van der Waals surface area contributed by atoms with Crippen molar-refractivity contribution >= 4 is 40.6 Å². The lowest BCUT2D eigenvalue weighted by Crippen LogP contribution is -2.40. The second kappa shape index (κ2) is 7.53. The van der Waals surface area contributed by atoms with Gasteiger partial charge < -0.3 is 4.90 Å². The van der Waals surface area contributed by atoms with E-state index < -0.39 is 0 Å². The number of halogens is 3. The second-order valence-corrected chi connectivity index (χ2v) is 8.59. The fraction of sp³-hybridized carbons (Fsp3) is 0.500. The number of hydrogen-bond acceptors (Lipinski definition) is 3. The number of hydrogen-bond donors (Lipinski definition) is 0. The van der Waals surface area contributed by atoms with Crippen LogP contribution in [0.3, 0.4) is 0 Å². The normalized spacial score (nSPS) is 17.0. The molecule has 1 heterocycles. The summed E-state index contributed by atoms with van der Waals surface area (Å²) in [7, 11) is 0. The highest BCUT2D eigenvalue weighted by molar-refractivity contribution is 6.41. The lowest BCUT2D eigenvalue weighted by molar-refractivity contribution is 0.473. The first kappa shape index (κ1) is 18.3. The average molecular weight is 411 g/mol. The molecule has 4 rings (SSSR count). The maximum absolute atomic E-state index is 6.38. The minimum atomic E-state index is 0.475. The molecule has 6 heteroatoms. The highest BCUT2D eigenvalue weighted by atomic mass is 35.5. The van der Waals surface area contributed by atoms with E-state index in [4.69, 9.17) is 39.8 Å². The van der Waals surface area contributed by atoms with Crippen LogP contribution in [0.1, 0.15) is 39.0 Å². The van der Waals surface area contributed by atoms with Gasteiger partial charge in [-0.2, -0.15) is 0 Å². The Kier molecular flexibility index (Phi) is 5.31. The highest BCUT2D eigenvalue weighted by Gasteiger charge is 2.44. The van der Waals surface area contributed by atoms with Crippen LogP contribution in [-0.2, 0) is 0 Å². The summed E-state index contributed by atoms with van der Waals surface area (Å²) in [5, 5.41) is 1.46. The van der Waals surface area contributed by atoms with Gasteiger partial charge in [0, 0.05) is 23.8 Å². The molecule has 0 unspecified atom stereocenters. The molecule has 0 atom stereocenters. The molecule has 26 heavy (non-hydrogen) atoms. The molecule has 1 aromatic carbocycles. The van der Waals surface area contributed by atoms with Gasteiger partial charge in [0.2, 0.25) is 0 Å². The topological polar surface area (TPSA) is 29.0 Å². The van der Waals surface area contributed by atoms with Crippen LogP contribution < -0.4 is 4.90 Å². The Labute approximate surface area is 169 Å². The summed E-state index contributed by atoms with van der Waals surface area (Å²) in [5.41, 5.74) is 0.644. The summed E-state index contributed by atoms with van der Waals surface area (Å²) < 4.78 is 0. The Balaban J connectivity index is 1.72. The predicted molar refractivity (Wildman–Crippen MR) is 109 cm³/mol. The maximum atomic E-state index is 6.38. The first-order valence-corrected chi connectivity index (χ1v) is 10.5. The van der Waals surface area contributed by atoms with Crippen LogP contribution in [0.5, 0.6) is 0 Å². The first-order chi connectivity index (χ1) is 12.6. The number of benzene rings is 1. The van der Waals surface area contributed by atoms with Crippen LogP contribution in [0, 0.1) is 11.8 Å². The lowest BCUT2D eigenvalue weighted by atomic mass is 10.0. The zero-order chi connectivity index (χ0) is 18.3. The third-order valence-electron chi connectivity index (χ3n) is 5.20. The Morgan fingerprint density at radius 2 is 1.69 bits per heavy atom. The Hall–Kier alpha value is -1.03. The fourth-order valence-corrected chi connectivity index (χ4v) is 4.80. The Morgan fingerprint density at radius 3 is 2.23 bits per heavy atom. The highest BCUT2D eigenvalue weighted by Crippen LogP contribution is 2.48. The summed E-state index contributed by atoms with van der Waals surface area (Å²) in [4.78, 5) is 11.8. The van der Waals surface area contributed by atoms with Gasteiger partial charge in [0.25, 0.3) is 0 Å². The molecule has 3 nitrogen and oxygen atoms in total. The molecule has 2 aliphatic rings. The first-order valence-electron chi connectivity index (χ1n) is 9.33. The molecule has 0 radical (unpaired) electrons. The van der Waals surface area contributed by atoms with Gasteiger partial charge in [-0.3, -0.25) is 0 Å². The molecule has 0 aliphatic heterocycles. The summed E-state index contributed by atoms with van der Waals surface area (Å²) in [5.74, 6) is 3.16. The molecular weight excluding hydrogens is 389 g/mol. The van der Waals surface area contributed by atoms with Crippen molar-refractivity contribution in [2.24, 2.45) is 11.8 Å². The van der Waals surface area contributed by atoms with Crippen molar-refractivity contribution in [1.29, 1.82) is 0 Å². The van der Waals surface area contributed by atoms with Crippen molar-refractivity contribution in [3.8, 4) is 11.4 Å². The predicted octanol–water partition coefficient (Wildman–Crippen LogP) is 6.51. The minimum absolute atomic E-state index is 0.475. The minimum Gasteiger partial charge on any atom is -0.353 e. The number of anilines is 1. The fourth-order valence-electron chi connectivity index (χ4n) is 3.81. The number of rotatable bonds is 7. The molecule has 0 bridgehead atoms. The number of aromatic nitrogens is 2. The SMILES string of the molecule is CCCN(c1ccnc(-c2c(Cl)cc(Cl)cc2Cl)n1)C(C1CC1)C1CC1. The smallest absolute Gasteiger partial charge is 0.164 e. The molecule has 1 aromatic heterocycles. The molecule has 0 N–H and O–H groups in total. The largest absolute Gasteiger partial charge is 0.353 e. The van der Waals surface area contributed by atoms with Crippen LogP contribution in [0.2, 0.25) is 15.1 Å². The number of nitrogens with zero attached hydrogens (tertiary/aromatic N) is 3. The summed E-state index contributed by atoms with van der Waals surface area (Å²) in [6.07, 6.45) is 8.26. The van der Waals surface area contributed by atoms with Gasteiger partial charge in [0.1, 0.15) is 5.82 Å². The zero-order valence-electron chi connectivity index (χ0n) is 14.8. The monoisotopic (exact) mass is 409 g/mol. The summed E-state index contributed by atoms with van der Waals surface area (Å²) in [6, 6.07) is 5.98. The van der Waals surface area contributed by atoms with Crippen LogP contribution in [0.25, 0.3) is 11.4 Å². The second-order valence-electron chi connectivity index (χ2n) is 7.34. The third-order valence-corrected chi connectivity index (χ3v) is 6.01. The summed E-state index contributed by atoms with van der Waals surface area (Å²) in [6.45, 7) is 3.23. The molecule has 0 amide bonds. The van der Waals surface area contributed by atoms with Gasteiger partial charge in [0.15, 0.2) is 5.82 Å². The molecule has 2 aromatic rings. The zero-order valence-corrected chi connectivity index (χ0v) is 17.0. The molecule has 2 fully saturated rings.